The summed E-state index contributed by atoms with van der Waals surface area (Å²) in [6, 6.07) is 12.1. The van der Waals surface area contributed by atoms with Crippen molar-refractivity contribution >= 4 is 17.5 Å². The number of anilines is 1. The molecule has 2 aromatic rings. The predicted molar refractivity (Wildman–Crippen MR) is 113 cm³/mol. The highest BCUT2D eigenvalue weighted by Crippen LogP contribution is 2.29. The minimum atomic E-state index is -0.276. The fourth-order valence-electron chi connectivity index (χ4n) is 3.37. The van der Waals surface area contributed by atoms with Crippen LogP contribution in [0.5, 0.6) is 11.5 Å². The van der Waals surface area contributed by atoms with Gasteiger partial charge in [0.15, 0.2) is 11.5 Å². The van der Waals surface area contributed by atoms with Crippen LogP contribution in [0.3, 0.4) is 0 Å². The van der Waals surface area contributed by atoms with Crippen molar-refractivity contribution in [2.24, 2.45) is 0 Å². The highest BCUT2D eigenvalue weighted by molar-refractivity contribution is 6.05. The van der Waals surface area contributed by atoms with Crippen molar-refractivity contribution in [2.45, 2.75) is 39.2 Å². The second-order valence-corrected chi connectivity index (χ2v) is 7.42. The first-order valence-electron chi connectivity index (χ1n) is 10.0. The van der Waals surface area contributed by atoms with E-state index < -0.39 is 0 Å². The minimum Gasteiger partial charge on any atom is -0.493 e. The van der Waals surface area contributed by atoms with Gasteiger partial charge < -0.3 is 19.7 Å². The quantitative estimate of drug-likeness (QED) is 0.788. The summed E-state index contributed by atoms with van der Waals surface area (Å²) in [5, 5.41) is 2.86. The highest BCUT2D eigenvalue weighted by atomic mass is 16.5. The molecule has 0 bridgehead atoms. The van der Waals surface area contributed by atoms with E-state index in [1.165, 1.54) is 6.42 Å². The molecule has 0 saturated carbocycles. The molecule has 6 heteroatoms. The Morgan fingerprint density at radius 1 is 0.966 bits per heavy atom. The lowest BCUT2D eigenvalue weighted by atomic mass is 10.1. The van der Waals surface area contributed by atoms with Gasteiger partial charge in [-0.15, -0.1) is 0 Å². The molecule has 0 aromatic heterocycles. The van der Waals surface area contributed by atoms with Gasteiger partial charge in [0.1, 0.15) is 0 Å². The monoisotopic (exact) mass is 396 g/mol. The Labute approximate surface area is 171 Å². The fourth-order valence-corrected chi connectivity index (χ4v) is 3.37. The molecule has 0 spiro atoms. The highest BCUT2D eigenvalue weighted by Gasteiger charge is 2.19. The van der Waals surface area contributed by atoms with E-state index in [1.807, 2.05) is 18.7 Å². The maximum atomic E-state index is 12.7. The van der Waals surface area contributed by atoms with E-state index >= 15 is 0 Å². The first-order chi connectivity index (χ1) is 14.0. The molecule has 1 aliphatic rings. The summed E-state index contributed by atoms with van der Waals surface area (Å²) in [6.45, 7) is 5.44. The lowest BCUT2D eigenvalue weighted by Crippen LogP contribution is -2.35. The number of carbonyl (C=O) groups is 2. The SMILES string of the molecule is COc1cc(C(=O)Nc2cccc(C(=O)N3CCCCC3)c2)ccc1OC(C)C. The van der Waals surface area contributed by atoms with Crippen LogP contribution in [0.1, 0.15) is 53.8 Å². The maximum Gasteiger partial charge on any atom is 0.255 e. The molecule has 3 rings (SSSR count). The molecule has 1 fully saturated rings. The Morgan fingerprint density at radius 3 is 2.41 bits per heavy atom. The van der Waals surface area contributed by atoms with E-state index in [4.69, 9.17) is 9.47 Å². The van der Waals surface area contributed by atoms with Gasteiger partial charge in [-0.2, -0.15) is 0 Å². The molecule has 1 heterocycles. The summed E-state index contributed by atoms with van der Waals surface area (Å²) in [4.78, 5) is 27.3. The Hall–Kier alpha value is -3.02. The van der Waals surface area contributed by atoms with E-state index in [1.54, 1.807) is 49.6 Å². The number of nitrogens with zero attached hydrogens (tertiary/aromatic N) is 1. The van der Waals surface area contributed by atoms with Crippen LogP contribution < -0.4 is 14.8 Å². The van der Waals surface area contributed by atoms with Crippen LogP contribution in [0.25, 0.3) is 0 Å². The van der Waals surface area contributed by atoms with Gasteiger partial charge in [0, 0.05) is 29.9 Å². The van der Waals surface area contributed by atoms with Crippen molar-refractivity contribution in [2.75, 3.05) is 25.5 Å². The van der Waals surface area contributed by atoms with Gasteiger partial charge in [0.2, 0.25) is 0 Å². The third-order valence-corrected chi connectivity index (χ3v) is 4.80. The third-order valence-electron chi connectivity index (χ3n) is 4.80. The molecular formula is C23H28N2O4. The number of benzene rings is 2. The molecule has 0 radical (unpaired) electrons. The molecule has 0 unspecified atom stereocenters. The van der Waals surface area contributed by atoms with Gasteiger partial charge in [-0.25, -0.2) is 0 Å². The topological polar surface area (TPSA) is 67.9 Å². The number of likely N-dealkylation sites (tertiary alicyclic amines) is 1. The number of carbonyl (C=O) groups excluding carboxylic acids is 2. The summed E-state index contributed by atoms with van der Waals surface area (Å²) in [5.74, 6) is 0.827. The van der Waals surface area contributed by atoms with Crippen LogP contribution in [0.4, 0.5) is 5.69 Å². The molecule has 2 aromatic carbocycles. The number of hydrogen-bond acceptors (Lipinski definition) is 4. The molecule has 1 saturated heterocycles. The van der Waals surface area contributed by atoms with E-state index in [2.05, 4.69) is 5.32 Å². The number of nitrogens with one attached hydrogen (secondary N) is 1. The lowest BCUT2D eigenvalue weighted by Gasteiger charge is -2.26. The summed E-state index contributed by atoms with van der Waals surface area (Å²) in [5.41, 5.74) is 1.62. The second-order valence-electron chi connectivity index (χ2n) is 7.42. The zero-order valence-electron chi connectivity index (χ0n) is 17.2. The number of amides is 2. The molecule has 154 valence electrons. The maximum absolute atomic E-state index is 12.7. The first-order valence-corrected chi connectivity index (χ1v) is 10.0. The van der Waals surface area contributed by atoms with E-state index in [0.29, 0.717) is 28.3 Å². The predicted octanol–water partition coefficient (Wildman–Crippen LogP) is 4.36. The molecular weight excluding hydrogens is 368 g/mol. The van der Waals surface area contributed by atoms with Crippen LogP contribution in [0, 0.1) is 0 Å². The standard InChI is InChI=1S/C23H28N2O4/c1-16(2)29-20-11-10-17(15-21(20)28-3)22(26)24-19-9-7-8-18(14-19)23(27)25-12-5-4-6-13-25/h7-11,14-16H,4-6,12-13H2,1-3H3,(H,24,26). The molecule has 2 amide bonds. The average Bonchev–Trinajstić information content (AvgIpc) is 2.74. The third kappa shape index (κ3) is 5.28. The van der Waals surface area contributed by atoms with Gasteiger partial charge in [0.05, 0.1) is 13.2 Å². The number of hydrogen-bond donors (Lipinski definition) is 1. The van der Waals surface area contributed by atoms with Gasteiger partial charge in [-0.1, -0.05) is 6.07 Å². The van der Waals surface area contributed by atoms with Crippen LogP contribution in [0.15, 0.2) is 42.5 Å². The normalized spacial score (nSPS) is 13.9. The van der Waals surface area contributed by atoms with Crippen LogP contribution in [-0.2, 0) is 0 Å². The van der Waals surface area contributed by atoms with Crippen LogP contribution in [-0.4, -0.2) is 43.0 Å². The Balaban J connectivity index is 1.73. The Bertz CT molecular complexity index is 873. The second kappa shape index (κ2) is 9.45. The number of piperidine rings is 1. The number of ether oxygens (including phenoxy) is 2. The summed E-state index contributed by atoms with van der Waals surface area (Å²) >= 11 is 0. The zero-order chi connectivity index (χ0) is 20.8. The Morgan fingerprint density at radius 2 is 1.72 bits per heavy atom. The van der Waals surface area contributed by atoms with Gasteiger partial charge in [-0.05, 0) is 69.5 Å². The molecule has 1 N–H and O–H groups in total. The first kappa shape index (κ1) is 20.7. The average molecular weight is 396 g/mol. The van der Waals surface area contributed by atoms with Gasteiger partial charge in [-0.3, -0.25) is 9.59 Å². The van der Waals surface area contributed by atoms with Crippen molar-refractivity contribution in [3.63, 3.8) is 0 Å². The van der Waals surface area contributed by atoms with Crippen molar-refractivity contribution in [1.82, 2.24) is 4.90 Å². The molecule has 0 aliphatic carbocycles. The number of methoxy groups -OCH3 is 1. The van der Waals surface area contributed by atoms with E-state index in [9.17, 15) is 9.59 Å². The van der Waals surface area contributed by atoms with Crippen LogP contribution in [0.2, 0.25) is 0 Å². The minimum absolute atomic E-state index is 0.00348. The van der Waals surface area contributed by atoms with Crippen molar-refractivity contribution < 1.29 is 19.1 Å². The van der Waals surface area contributed by atoms with E-state index in [-0.39, 0.29) is 17.9 Å². The van der Waals surface area contributed by atoms with Crippen molar-refractivity contribution in [1.29, 1.82) is 0 Å². The van der Waals surface area contributed by atoms with Gasteiger partial charge in [0.25, 0.3) is 11.8 Å². The summed E-state index contributed by atoms with van der Waals surface area (Å²) in [6.07, 6.45) is 3.26. The summed E-state index contributed by atoms with van der Waals surface area (Å²) in [7, 11) is 1.54. The Kier molecular flexibility index (Phi) is 6.75. The molecule has 0 atom stereocenters. The lowest BCUT2D eigenvalue weighted by molar-refractivity contribution is 0.0724. The van der Waals surface area contributed by atoms with E-state index in [0.717, 1.165) is 25.9 Å². The fraction of sp³-hybridized carbons (Fsp3) is 0.391. The molecule has 29 heavy (non-hydrogen) atoms. The molecule has 1 aliphatic heterocycles. The largest absolute Gasteiger partial charge is 0.493 e. The summed E-state index contributed by atoms with van der Waals surface area (Å²) < 4.78 is 11.0. The number of rotatable bonds is 6. The van der Waals surface area contributed by atoms with Crippen molar-refractivity contribution in [3.05, 3.63) is 53.6 Å². The smallest absolute Gasteiger partial charge is 0.255 e. The molecule has 6 nitrogen and oxygen atoms in total. The van der Waals surface area contributed by atoms with Gasteiger partial charge >= 0.3 is 0 Å². The van der Waals surface area contributed by atoms with Crippen molar-refractivity contribution in [3.8, 4) is 11.5 Å². The van der Waals surface area contributed by atoms with Crippen LogP contribution >= 0.6 is 0 Å². The zero-order valence-corrected chi connectivity index (χ0v) is 17.2.